The van der Waals surface area contributed by atoms with E-state index in [1.54, 1.807) is 22.6 Å². The van der Waals surface area contributed by atoms with Crippen LogP contribution in [0.1, 0.15) is 10.4 Å². The summed E-state index contributed by atoms with van der Waals surface area (Å²) in [5.41, 5.74) is 0.950. The van der Waals surface area contributed by atoms with Gasteiger partial charge in [0.1, 0.15) is 12.1 Å². The quantitative estimate of drug-likeness (QED) is 0.346. The Kier molecular flexibility index (Phi) is 4.94. The van der Waals surface area contributed by atoms with Crippen LogP contribution in [0.3, 0.4) is 0 Å². The van der Waals surface area contributed by atoms with Gasteiger partial charge in [0.2, 0.25) is 5.71 Å². The molecule has 0 saturated carbocycles. The van der Waals surface area contributed by atoms with Crippen molar-refractivity contribution in [3.05, 3.63) is 31.4 Å². The van der Waals surface area contributed by atoms with Crippen LogP contribution >= 0.6 is 22.6 Å². The van der Waals surface area contributed by atoms with Crippen molar-refractivity contribution in [2.45, 2.75) is 0 Å². The molecule has 0 radical (unpaired) electrons. The molecule has 0 aliphatic carbocycles. The van der Waals surface area contributed by atoms with Crippen molar-refractivity contribution in [3.63, 3.8) is 0 Å². The average Bonchev–Trinajstić information content (AvgIpc) is 2.40. The Labute approximate surface area is 125 Å². The number of hydrogen-bond donors (Lipinski definition) is 2. The molecule has 0 heterocycles. The fourth-order valence-corrected chi connectivity index (χ4v) is 1.90. The molecular formula is C10H4IN5O4. The lowest BCUT2D eigenvalue weighted by atomic mass is 10.1. The molecule has 1 aromatic rings. The third kappa shape index (κ3) is 3.39. The number of anilines is 1. The number of carbonyl (C=O) groups is 1. The molecule has 0 fully saturated rings. The first-order valence-corrected chi connectivity index (χ1v) is 5.83. The SMILES string of the molecule is N#CC(C#N)=NNc1c(I)cc([N+](=O)[O-])cc1C(=O)O. The van der Waals surface area contributed by atoms with Crippen LogP contribution in [0.4, 0.5) is 11.4 Å². The van der Waals surface area contributed by atoms with Gasteiger partial charge in [0, 0.05) is 15.7 Å². The molecule has 0 saturated heterocycles. The molecule has 20 heavy (non-hydrogen) atoms. The molecular weight excluding hydrogens is 381 g/mol. The van der Waals surface area contributed by atoms with Gasteiger partial charge >= 0.3 is 5.97 Å². The molecule has 0 amide bonds. The molecule has 1 rings (SSSR count). The predicted molar refractivity (Wildman–Crippen MR) is 75.1 cm³/mol. The van der Waals surface area contributed by atoms with Crippen LogP contribution in [0.25, 0.3) is 0 Å². The summed E-state index contributed by atoms with van der Waals surface area (Å²) >= 11 is 1.68. The van der Waals surface area contributed by atoms with E-state index < -0.39 is 16.6 Å². The summed E-state index contributed by atoms with van der Waals surface area (Å²) in [6, 6.07) is 4.98. The number of nitro groups is 1. The van der Waals surface area contributed by atoms with Crippen molar-refractivity contribution in [3.8, 4) is 12.1 Å². The van der Waals surface area contributed by atoms with Crippen molar-refractivity contribution < 1.29 is 14.8 Å². The summed E-state index contributed by atoms with van der Waals surface area (Å²) in [6.45, 7) is 0. The molecule has 2 N–H and O–H groups in total. The molecule has 100 valence electrons. The maximum atomic E-state index is 11.1. The standard InChI is InChI=1S/C10H4IN5O4/c11-8-2-6(16(19)20)1-7(10(17)18)9(8)15-14-5(3-12)4-13/h1-2,15H,(H,17,18). The van der Waals surface area contributed by atoms with E-state index in [0.717, 1.165) is 12.1 Å². The van der Waals surface area contributed by atoms with Crippen LogP contribution in [0, 0.1) is 36.3 Å². The highest BCUT2D eigenvalue weighted by Gasteiger charge is 2.19. The number of nitrogens with zero attached hydrogens (tertiary/aromatic N) is 4. The predicted octanol–water partition coefficient (Wildman–Crippen LogP) is 1.71. The second-order valence-electron chi connectivity index (χ2n) is 3.21. The van der Waals surface area contributed by atoms with Gasteiger partial charge in [0.15, 0.2) is 0 Å². The van der Waals surface area contributed by atoms with Crippen LogP contribution < -0.4 is 5.43 Å². The first-order valence-electron chi connectivity index (χ1n) is 4.75. The van der Waals surface area contributed by atoms with Gasteiger partial charge in [0.25, 0.3) is 5.69 Å². The van der Waals surface area contributed by atoms with Crippen molar-refractivity contribution in [2.75, 3.05) is 5.43 Å². The Morgan fingerprint density at radius 2 is 2.05 bits per heavy atom. The number of nitriles is 2. The number of hydrogen-bond acceptors (Lipinski definition) is 7. The number of nitro benzene ring substituents is 1. The number of nitrogens with one attached hydrogen (secondary N) is 1. The summed E-state index contributed by atoms with van der Waals surface area (Å²) in [5.74, 6) is -1.40. The van der Waals surface area contributed by atoms with Gasteiger partial charge in [0.05, 0.1) is 16.2 Å². The average molecular weight is 385 g/mol. The number of non-ortho nitro benzene ring substituents is 1. The van der Waals surface area contributed by atoms with Gasteiger partial charge in [-0.3, -0.25) is 15.5 Å². The van der Waals surface area contributed by atoms with E-state index in [4.69, 9.17) is 15.6 Å². The van der Waals surface area contributed by atoms with E-state index in [-0.39, 0.29) is 20.5 Å². The summed E-state index contributed by atoms with van der Waals surface area (Å²) in [6.07, 6.45) is 0. The van der Waals surface area contributed by atoms with Gasteiger partial charge in [-0.2, -0.15) is 15.6 Å². The van der Waals surface area contributed by atoms with Crippen molar-refractivity contribution in [1.29, 1.82) is 10.5 Å². The molecule has 0 aliphatic heterocycles. The smallest absolute Gasteiger partial charge is 0.338 e. The molecule has 0 aromatic heterocycles. The molecule has 0 atom stereocenters. The topological polar surface area (TPSA) is 152 Å². The van der Waals surface area contributed by atoms with E-state index >= 15 is 0 Å². The van der Waals surface area contributed by atoms with E-state index in [1.165, 1.54) is 12.1 Å². The number of halogens is 1. The van der Waals surface area contributed by atoms with E-state index in [9.17, 15) is 14.9 Å². The molecule has 0 unspecified atom stereocenters. The number of rotatable bonds is 4. The largest absolute Gasteiger partial charge is 0.478 e. The van der Waals surface area contributed by atoms with Gasteiger partial charge in [-0.05, 0) is 22.6 Å². The highest BCUT2D eigenvalue weighted by atomic mass is 127. The second-order valence-corrected chi connectivity index (χ2v) is 4.37. The summed E-state index contributed by atoms with van der Waals surface area (Å²) in [4.78, 5) is 21.0. The van der Waals surface area contributed by atoms with Gasteiger partial charge < -0.3 is 5.11 Å². The number of carboxylic acids is 1. The minimum absolute atomic E-state index is 0.0355. The maximum Gasteiger partial charge on any atom is 0.338 e. The lowest BCUT2D eigenvalue weighted by Gasteiger charge is -2.07. The Bertz CT molecular complexity index is 685. The zero-order valence-corrected chi connectivity index (χ0v) is 11.7. The normalized spacial score (nSPS) is 8.95. The number of hydrazone groups is 1. The first kappa shape index (κ1) is 15.3. The van der Waals surface area contributed by atoms with Crippen LogP contribution in [0.15, 0.2) is 17.2 Å². The van der Waals surface area contributed by atoms with Gasteiger partial charge in [-0.1, -0.05) is 0 Å². The Morgan fingerprint density at radius 1 is 1.45 bits per heavy atom. The zero-order chi connectivity index (χ0) is 15.3. The highest BCUT2D eigenvalue weighted by Crippen LogP contribution is 2.28. The van der Waals surface area contributed by atoms with Crippen molar-refractivity contribution >= 4 is 45.6 Å². The molecule has 1 aromatic carbocycles. The molecule has 10 heteroatoms. The summed E-state index contributed by atoms with van der Waals surface area (Å²) < 4.78 is 0.216. The number of aromatic carboxylic acids is 1. The van der Waals surface area contributed by atoms with Gasteiger partial charge in [-0.15, -0.1) is 0 Å². The molecule has 9 nitrogen and oxygen atoms in total. The fraction of sp³-hybridized carbons (Fsp3) is 0. The molecule has 0 spiro atoms. The minimum Gasteiger partial charge on any atom is -0.478 e. The lowest BCUT2D eigenvalue weighted by molar-refractivity contribution is -0.385. The molecule has 0 aliphatic rings. The fourth-order valence-electron chi connectivity index (χ4n) is 1.17. The maximum absolute atomic E-state index is 11.1. The van der Waals surface area contributed by atoms with Crippen LogP contribution in [0.2, 0.25) is 0 Å². The molecule has 0 bridgehead atoms. The van der Waals surface area contributed by atoms with Crippen molar-refractivity contribution in [1.82, 2.24) is 0 Å². The third-order valence-corrected chi connectivity index (χ3v) is 2.86. The Morgan fingerprint density at radius 3 is 2.50 bits per heavy atom. The first-order chi connectivity index (χ1) is 9.40. The Hall–Kier alpha value is -2.73. The Balaban J connectivity index is 3.37. The summed E-state index contributed by atoms with van der Waals surface area (Å²) in [5, 5.41) is 40.2. The zero-order valence-electron chi connectivity index (χ0n) is 9.49. The van der Waals surface area contributed by atoms with E-state index in [2.05, 4.69) is 10.5 Å². The van der Waals surface area contributed by atoms with E-state index in [0.29, 0.717) is 0 Å². The summed E-state index contributed by atoms with van der Waals surface area (Å²) in [7, 11) is 0. The van der Waals surface area contributed by atoms with Crippen molar-refractivity contribution in [2.24, 2.45) is 5.10 Å². The number of carboxylic acid groups (broad SMARTS) is 1. The number of benzene rings is 1. The highest BCUT2D eigenvalue weighted by molar-refractivity contribution is 14.1. The lowest BCUT2D eigenvalue weighted by Crippen LogP contribution is -2.07. The van der Waals surface area contributed by atoms with Crippen LogP contribution in [0.5, 0.6) is 0 Å². The second kappa shape index (κ2) is 6.44. The van der Waals surface area contributed by atoms with E-state index in [1.807, 2.05) is 0 Å². The van der Waals surface area contributed by atoms with Crippen LogP contribution in [-0.2, 0) is 0 Å². The monoisotopic (exact) mass is 385 g/mol. The van der Waals surface area contributed by atoms with Crippen LogP contribution in [-0.4, -0.2) is 21.7 Å². The minimum atomic E-state index is -1.40. The third-order valence-electron chi connectivity index (χ3n) is 2.01. The van der Waals surface area contributed by atoms with Gasteiger partial charge in [-0.25, -0.2) is 4.79 Å².